The van der Waals surface area contributed by atoms with E-state index in [1.165, 1.54) is 0 Å². The summed E-state index contributed by atoms with van der Waals surface area (Å²) < 4.78 is 1.84. The van der Waals surface area contributed by atoms with E-state index in [1.54, 1.807) is 0 Å². The van der Waals surface area contributed by atoms with E-state index in [-0.39, 0.29) is 0 Å². The van der Waals surface area contributed by atoms with Crippen LogP contribution in [0.1, 0.15) is 18.4 Å². The summed E-state index contributed by atoms with van der Waals surface area (Å²) in [7, 11) is 1.92. The molecule has 0 amide bonds. The Balaban J connectivity index is 2.23. The molecular weight excluding hydrogens is 176 g/mol. The molecule has 1 saturated carbocycles. The summed E-state index contributed by atoms with van der Waals surface area (Å²) >= 11 is 0. The summed E-state index contributed by atoms with van der Waals surface area (Å²) in [6, 6.07) is 6.06. The highest BCUT2D eigenvalue weighted by molar-refractivity contribution is 5.79. The first-order valence-corrected chi connectivity index (χ1v) is 4.84. The third-order valence-corrected chi connectivity index (χ3v) is 3.01. The molecule has 72 valence electrons. The molecule has 1 N–H and O–H groups in total. The van der Waals surface area contributed by atoms with Crippen molar-refractivity contribution in [3.05, 3.63) is 30.0 Å². The molecular formula is C11H12N2O. The van der Waals surface area contributed by atoms with Gasteiger partial charge in [0.2, 0.25) is 0 Å². The van der Waals surface area contributed by atoms with Crippen LogP contribution in [0.3, 0.4) is 0 Å². The minimum atomic E-state index is -0.543. The van der Waals surface area contributed by atoms with E-state index >= 15 is 0 Å². The van der Waals surface area contributed by atoms with Gasteiger partial charge in [0, 0.05) is 12.4 Å². The van der Waals surface area contributed by atoms with Gasteiger partial charge < -0.3 is 5.11 Å². The molecule has 1 heterocycles. The summed E-state index contributed by atoms with van der Waals surface area (Å²) in [5, 5.41) is 15.3. The zero-order valence-electron chi connectivity index (χ0n) is 8.07. The predicted octanol–water partition coefficient (Wildman–Crippen LogP) is 1.55. The molecule has 0 bridgehead atoms. The van der Waals surface area contributed by atoms with Crippen LogP contribution < -0.4 is 0 Å². The molecule has 2 aromatic rings. The van der Waals surface area contributed by atoms with Crippen LogP contribution in [0.15, 0.2) is 24.4 Å². The quantitative estimate of drug-likeness (QED) is 0.737. The number of aryl methyl sites for hydroxylation is 1. The maximum Gasteiger partial charge on any atom is 0.0899 e. The molecule has 3 nitrogen and oxygen atoms in total. The lowest BCUT2D eigenvalue weighted by Crippen LogP contribution is -2.03. The molecule has 0 spiro atoms. The van der Waals surface area contributed by atoms with Gasteiger partial charge in [-0.15, -0.1) is 0 Å². The van der Waals surface area contributed by atoms with Crippen LogP contribution in [0.4, 0.5) is 0 Å². The summed E-state index contributed by atoms with van der Waals surface area (Å²) in [5.74, 6) is 0. The van der Waals surface area contributed by atoms with E-state index in [0.29, 0.717) is 0 Å². The van der Waals surface area contributed by atoms with Gasteiger partial charge in [-0.25, -0.2) is 0 Å². The van der Waals surface area contributed by atoms with Crippen LogP contribution in [0.25, 0.3) is 10.9 Å². The molecule has 3 rings (SSSR count). The van der Waals surface area contributed by atoms with E-state index in [0.717, 1.165) is 29.3 Å². The second-order valence-electron chi connectivity index (χ2n) is 4.07. The van der Waals surface area contributed by atoms with Crippen molar-refractivity contribution >= 4 is 10.9 Å². The van der Waals surface area contributed by atoms with Crippen molar-refractivity contribution in [3.8, 4) is 0 Å². The molecule has 1 aromatic heterocycles. The predicted molar refractivity (Wildman–Crippen MR) is 53.8 cm³/mol. The number of aliphatic hydroxyl groups is 1. The number of hydrogen-bond acceptors (Lipinski definition) is 2. The molecule has 0 aliphatic heterocycles. The normalized spacial score (nSPS) is 18.7. The maximum atomic E-state index is 9.96. The molecule has 1 aliphatic carbocycles. The first-order valence-electron chi connectivity index (χ1n) is 4.84. The Labute approximate surface area is 82.0 Å². The zero-order valence-corrected chi connectivity index (χ0v) is 8.07. The van der Waals surface area contributed by atoms with Gasteiger partial charge in [-0.3, -0.25) is 4.68 Å². The van der Waals surface area contributed by atoms with Crippen molar-refractivity contribution in [2.45, 2.75) is 18.4 Å². The number of rotatable bonds is 1. The molecule has 0 saturated heterocycles. The highest BCUT2D eigenvalue weighted by Crippen LogP contribution is 2.45. The Morgan fingerprint density at radius 2 is 2.21 bits per heavy atom. The number of hydrogen-bond donors (Lipinski definition) is 1. The lowest BCUT2D eigenvalue weighted by atomic mass is 10.1. The molecule has 0 atom stereocenters. The molecule has 1 aliphatic rings. The van der Waals surface area contributed by atoms with Crippen molar-refractivity contribution in [2.75, 3.05) is 0 Å². The van der Waals surface area contributed by atoms with Gasteiger partial charge in [0.1, 0.15) is 0 Å². The molecule has 3 heteroatoms. The van der Waals surface area contributed by atoms with Gasteiger partial charge in [-0.1, -0.05) is 12.1 Å². The van der Waals surface area contributed by atoms with Crippen molar-refractivity contribution in [3.63, 3.8) is 0 Å². The molecule has 14 heavy (non-hydrogen) atoms. The topological polar surface area (TPSA) is 38.0 Å². The highest BCUT2D eigenvalue weighted by atomic mass is 16.3. The van der Waals surface area contributed by atoms with E-state index in [2.05, 4.69) is 5.10 Å². The minimum absolute atomic E-state index is 0.543. The van der Waals surface area contributed by atoms with Crippen molar-refractivity contribution in [1.82, 2.24) is 9.78 Å². The Morgan fingerprint density at radius 1 is 1.43 bits per heavy atom. The van der Waals surface area contributed by atoms with Gasteiger partial charge in [0.05, 0.1) is 17.3 Å². The van der Waals surface area contributed by atoms with Crippen LogP contribution in [-0.4, -0.2) is 14.9 Å². The SMILES string of the molecule is Cn1ncc2ccc(C3(O)CC3)cc21. The Bertz CT molecular complexity index is 497. The fourth-order valence-electron chi connectivity index (χ4n) is 1.84. The van der Waals surface area contributed by atoms with Crippen LogP contribution in [0.5, 0.6) is 0 Å². The number of benzene rings is 1. The first-order chi connectivity index (χ1) is 6.69. The van der Waals surface area contributed by atoms with Crippen LogP contribution in [0, 0.1) is 0 Å². The fourth-order valence-corrected chi connectivity index (χ4v) is 1.84. The van der Waals surface area contributed by atoms with Crippen LogP contribution in [-0.2, 0) is 12.6 Å². The van der Waals surface area contributed by atoms with Crippen molar-refractivity contribution in [1.29, 1.82) is 0 Å². The Morgan fingerprint density at radius 3 is 2.93 bits per heavy atom. The summed E-state index contributed by atoms with van der Waals surface area (Å²) in [6.45, 7) is 0. The van der Waals surface area contributed by atoms with E-state index in [4.69, 9.17) is 0 Å². The van der Waals surface area contributed by atoms with E-state index in [9.17, 15) is 5.11 Å². The third kappa shape index (κ3) is 0.990. The Hall–Kier alpha value is -1.35. The molecule has 1 fully saturated rings. The lowest BCUT2D eigenvalue weighted by Gasteiger charge is -2.07. The van der Waals surface area contributed by atoms with Gasteiger partial charge >= 0.3 is 0 Å². The monoisotopic (exact) mass is 188 g/mol. The lowest BCUT2D eigenvalue weighted by molar-refractivity contribution is 0.151. The number of fused-ring (bicyclic) bond motifs is 1. The number of nitrogens with zero attached hydrogens (tertiary/aromatic N) is 2. The fraction of sp³-hybridized carbons (Fsp3) is 0.364. The maximum absolute atomic E-state index is 9.96. The van der Waals surface area contributed by atoms with Crippen molar-refractivity contribution in [2.24, 2.45) is 7.05 Å². The average molecular weight is 188 g/mol. The van der Waals surface area contributed by atoms with Crippen LogP contribution >= 0.6 is 0 Å². The molecule has 0 unspecified atom stereocenters. The molecule has 0 radical (unpaired) electrons. The number of aromatic nitrogens is 2. The molecule has 1 aromatic carbocycles. The Kier molecular flexibility index (Phi) is 1.35. The zero-order chi connectivity index (χ0) is 9.76. The van der Waals surface area contributed by atoms with Crippen molar-refractivity contribution < 1.29 is 5.11 Å². The minimum Gasteiger partial charge on any atom is -0.385 e. The summed E-state index contributed by atoms with van der Waals surface area (Å²) in [5.41, 5.74) is 1.56. The average Bonchev–Trinajstić information content (AvgIpc) is 2.84. The standard InChI is InChI=1S/C11H12N2O/c1-13-10-6-9(11(14)4-5-11)3-2-8(10)7-12-13/h2-3,6-7,14H,4-5H2,1H3. The van der Waals surface area contributed by atoms with Gasteiger partial charge in [-0.2, -0.15) is 5.10 Å². The summed E-state index contributed by atoms with van der Waals surface area (Å²) in [4.78, 5) is 0. The largest absolute Gasteiger partial charge is 0.385 e. The summed E-state index contributed by atoms with van der Waals surface area (Å²) in [6.07, 6.45) is 3.61. The smallest absolute Gasteiger partial charge is 0.0899 e. The van der Waals surface area contributed by atoms with Crippen LogP contribution in [0.2, 0.25) is 0 Å². The highest BCUT2D eigenvalue weighted by Gasteiger charge is 2.42. The second-order valence-corrected chi connectivity index (χ2v) is 4.07. The first kappa shape index (κ1) is 8.00. The van der Waals surface area contributed by atoms with Gasteiger partial charge in [0.25, 0.3) is 0 Å². The van der Waals surface area contributed by atoms with E-state index in [1.807, 2.05) is 36.1 Å². The van der Waals surface area contributed by atoms with Gasteiger partial charge in [-0.05, 0) is 24.5 Å². The third-order valence-electron chi connectivity index (χ3n) is 3.01. The van der Waals surface area contributed by atoms with E-state index < -0.39 is 5.60 Å². The second kappa shape index (κ2) is 2.36. The van der Waals surface area contributed by atoms with Gasteiger partial charge in [0.15, 0.2) is 0 Å².